The highest BCUT2D eigenvalue weighted by atomic mass is 32.1. The van der Waals surface area contributed by atoms with E-state index in [4.69, 9.17) is 4.52 Å². The van der Waals surface area contributed by atoms with Crippen LogP contribution in [-0.4, -0.2) is 58.4 Å². The van der Waals surface area contributed by atoms with Crippen molar-refractivity contribution < 1.29 is 13.7 Å². The van der Waals surface area contributed by atoms with Crippen LogP contribution in [0.5, 0.6) is 0 Å². The summed E-state index contributed by atoms with van der Waals surface area (Å²) in [6.45, 7) is 3.05. The van der Waals surface area contributed by atoms with Crippen molar-refractivity contribution in [3.63, 3.8) is 0 Å². The maximum absolute atomic E-state index is 13.1. The van der Waals surface area contributed by atoms with Crippen molar-refractivity contribution in [2.45, 2.75) is 25.7 Å². The van der Waals surface area contributed by atoms with Crippen molar-refractivity contribution in [2.75, 3.05) is 37.5 Å². The van der Waals surface area contributed by atoms with Crippen LogP contribution in [0, 0.1) is 0 Å². The van der Waals surface area contributed by atoms with Crippen molar-refractivity contribution in [1.29, 1.82) is 0 Å². The lowest BCUT2D eigenvalue weighted by Gasteiger charge is -2.13. The van der Waals surface area contributed by atoms with E-state index in [0.29, 0.717) is 27.7 Å². The van der Waals surface area contributed by atoms with Crippen LogP contribution in [0.15, 0.2) is 35.1 Å². The molecule has 2 N–H and O–H groups in total. The third-order valence-electron chi connectivity index (χ3n) is 5.03. The van der Waals surface area contributed by atoms with E-state index in [0.717, 1.165) is 16.9 Å². The van der Waals surface area contributed by atoms with Gasteiger partial charge in [0.2, 0.25) is 5.89 Å². The quantitative estimate of drug-likeness (QED) is 0.387. The van der Waals surface area contributed by atoms with E-state index in [-0.39, 0.29) is 12.4 Å². The number of amides is 2. The lowest BCUT2D eigenvalue weighted by atomic mass is 9.96. The normalized spacial score (nSPS) is 11.6. The zero-order valence-electron chi connectivity index (χ0n) is 19.3. The minimum absolute atomic E-state index is 0.236. The number of urea groups is 1. The topological polar surface area (TPSA) is 122 Å². The third-order valence-corrected chi connectivity index (χ3v) is 5.91. The number of alkyl halides is 1. The number of carbonyl (C=O) groups excluding carboxylic acids is 1. The smallest absolute Gasteiger partial charge is 0.321 e. The van der Waals surface area contributed by atoms with Gasteiger partial charge in [-0.05, 0) is 32.0 Å². The average Bonchev–Trinajstić information content (AvgIpc) is 3.45. The average molecular weight is 485 g/mol. The summed E-state index contributed by atoms with van der Waals surface area (Å²) in [6.07, 6.45) is 3.90. The summed E-state index contributed by atoms with van der Waals surface area (Å²) in [4.78, 5) is 32.5. The number of halogens is 1. The Balaban J connectivity index is 1.36. The van der Waals surface area contributed by atoms with Gasteiger partial charge in [0.15, 0.2) is 11.0 Å². The van der Waals surface area contributed by atoms with Gasteiger partial charge in [-0.1, -0.05) is 16.5 Å². The molecule has 0 bridgehead atoms. The van der Waals surface area contributed by atoms with Gasteiger partial charge in [-0.3, -0.25) is 10.3 Å². The third kappa shape index (κ3) is 5.28. The van der Waals surface area contributed by atoms with Gasteiger partial charge in [0.1, 0.15) is 17.0 Å². The number of pyridine rings is 2. The SMILES string of the molecule is CN(C)c1cncc(-c2ccc3nc(NC(=O)NCCc4noc(C(C)(C)CF)n4)sc3n2)c1. The van der Waals surface area contributed by atoms with Gasteiger partial charge in [0.05, 0.1) is 23.0 Å². The number of fused-ring (bicyclic) bond motifs is 1. The van der Waals surface area contributed by atoms with Gasteiger partial charge in [-0.25, -0.2) is 19.2 Å². The van der Waals surface area contributed by atoms with E-state index in [9.17, 15) is 9.18 Å². The van der Waals surface area contributed by atoms with Crippen LogP contribution in [0.2, 0.25) is 0 Å². The first-order valence-electron chi connectivity index (χ1n) is 10.6. The molecular weight excluding hydrogens is 459 g/mol. The zero-order chi connectivity index (χ0) is 24.3. The first-order chi connectivity index (χ1) is 16.2. The van der Waals surface area contributed by atoms with E-state index in [1.165, 1.54) is 11.3 Å². The van der Waals surface area contributed by atoms with E-state index in [1.54, 1.807) is 26.2 Å². The van der Waals surface area contributed by atoms with E-state index in [2.05, 4.69) is 35.7 Å². The first kappa shape index (κ1) is 23.5. The van der Waals surface area contributed by atoms with Crippen LogP contribution in [0.1, 0.15) is 25.6 Å². The van der Waals surface area contributed by atoms with Gasteiger partial charge in [-0.15, -0.1) is 0 Å². The Hall–Kier alpha value is -3.67. The second kappa shape index (κ2) is 9.67. The molecule has 0 aliphatic rings. The molecule has 0 aromatic carbocycles. The van der Waals surface area contributed by atoms with Crippen LogP contribution in [0.4, 0.5) is 20.0 Å². The number of carbonyl (C=O) groups is 1. The highest BCUT2D eigenvalue weighted by Gasteiger charge is 2.27. The summed E-state index contributed by atoms with van der Waals surface area (Å²) in [5.74, 6) is 0.640. The zero-order valence-corrected chi connectivity index (χ0v) is 20.1. The Morgan fingerprint density at radius 2 is 2.03 bits per heavy atom. The van der Waals surface area contributed by atoms with E-state index >= 15 is 0 Å². The predicted octanol–water partition coefficient (Wildman–Crippen LogP) is 3.81. The maximum Gasteiger partial charge on any atom is 0.321 e. The largest absolute Gasteiger partial charge is 0.376 e. The minimum Gasteiger partial charge on any atom is -0.376 e. The van der Waals surface area contributed by atoms with Gasteiger partial charge in [0, 0.05) is 38.8 Å². The van der Waals surface area contributed by atoms with Gasteiger partial charge in [-0.2, -0.15) is 4.98 Å². The molecule has 0 fully saturated rings. The fourth-order valence-electron chi connectivity index (χ4n) is 2.96. The molecule has 4 heterocycles. The standard InChI is InChI=1S/C22H25FN8O2S/c1-22(2,12-23)19-28-17(30-33-19)7-8-25-20(32)29-21-27-16-6-5-15(26-18(16)34-21)13-9-14(31(3)4)11-24-10-13/h5-6,9-11H,7-8,12H2,1-4H3,(H2,25,27,29,32). The summed E-state index contributed by atoms with van der Waals surface area (Å²) >= 11 is 1.28. The maximum atomic E-state index is 13.1. The fourth-order valence-corrected chi connectivity index (χ4v) is 3.79. The van der Waals surface area contributed by atoms with Crippen molar-refractivity contribution in [3.05, 3.63) is 42.3 Å². The molecule has 2 amide bonds. The Labute approximate surface area is 199 Å². The fraction of sp³-hybridized carbons (Fsp3) is 0.364. The lowest BCUT2D eigenvalue weighted by Crippen LogP contribution is -2.30. The van der Waals surface area contributed by atoms with Crippen molar-refractivity contribution >= 4 is 38.5 Å². The molecule has 4 aromatic heterocycles. The number of nitrogens with one attached hydrogen (secondary N) is 2. The van der Waals surface area contributed by atoms with Crippen LogP contribution in [-0.2, 0) is 11.8 Å². The number of nitrogens with zero attached hydrogens (tertiary/aromatic N) is 6. The summed E-state index contributed by atoms with van der Waals surface area (Å²) in [5.41, 5.74) is 2.51. The molecule has 4 aromatic rings. The number of hydrogen-bond acceptors (Lipinski definition) is 9. The number of aromatic nitrogens is 5. The molecule has 34 heavy (non-hydrogen) atoms. The monoisotopic (exact) mass is 484 g/mol. The second-order valence-electron chi connectivity index (χ2n) is 8.53. The molecule has 0 spiro atoms. The van der Waals surface area contributed by atoms with Gasteiger partial charge >= 0.3 is 6.03 Å². The molecule has 0 atom stereocenters. The van der Waals surface area contributed by atoms with Crippen LogP contribution >= 0.6 is 11.3 Å². The van der Waals surface area contributed by atoms with Gasteiger partial charge < -0.3 is 14.7 Å². The molecule has 0 radical (unpaired) electrons. The number of thiazole rings is 1. The van der Waals surface area contributed by atoms with E-state index in [1.807, 2.05) is 37.2 Å². The summed E-state index contributed by atoms with van der Waals surface area (Å²) < 4.78 is 18.2. The molecule has 0 unspecified atom stereocenters. The second-order valence-corrected chi connectivity index (χ2v) is 9.51. The lowest BCUT2D eigenvalue weighted by molar-refractivity contribution is 0.252. The Bertz CT molecular complexity index is 1300. The summed E-state index contributed by atoms with van der Waals surface area (Å²) in [7, 11) is 3.91. The molecule has 0 saturated heterocycles. The van der Waals surface area contributed by atoms with Crippen molar-refractivity contribution in [3.8, 4) is 11.3 Å². The summed E-state index contributed by atoms with van der Waals surface area (Å²) in [5, 5.41) is 9.72. The Kier molecular flexibility index (Phi) is 6.68. The molecule has 0 saturated carbocycles. The number of rotatable bonds is 8. The predicted molar refractivity (Wildman–Crippen MR) is 129 cm³/mol. The van der Waals surface area contributed by atoms with Crippen LogP contribution in [0.25, 0.3) is 21.6 Å². The number of anilines is 2. The molecule has 10 nitrogen and oxygen atoms in total. The highest BCUT2D eigenvalue weighted by molar-refractivity contribution is 7.21. The molecule has 0 aliphatic carbocycles. The molecular formula is C22H25FN8O2S. The molecule has 0 aliphatic heterocycles. The minimum atomic E-state index is -0.831. The summed E-state index contributed by atoms with van der Waals surface area (Å²) in [6, 6.07) is 5.35. The molecule has 178 valence electrons. The Morgan fingerprint density at radius 3 is 2.79 bits per heavy atom. The molecule has 4 rings (SSSR count). The van der Waals surface area contributed by atoms with Gasteiger partial charge in [0.25, 0.3) is 0 Å². The first-order valence-corrected chi connectivity index (χ1v) is 11.4. The van der Waals surface area contributed by atoms with Crippen LogP contribution < -0.4 is 15.5 Å². The van der Waals surface area contributed by atoms with Crippen molar-refractivity contribution in [1.82, 2.24) is 30.4 Å². The Morgan fingerprint density at radius 1 is 1.21 bits per heavy atom. The van der Waals surface area contributed by atoms with Crippen molar-refractivity contribution in [2.24, 2.45) is 0 Å². The van der Waals surface area contributed by atoms with E-state index < -0.39 is 18.1 Å². The highest BCUT2D eigenvalue weighted by Crippen LogP contribution is 2.28. The molecule has 12 heteroatoms. The van der Waals surface area contributed by atoms with Crippen LogP contribution in [0.3, 0.4) is 0 Å². The number of hydrogen-bond donors (Lipinski definition) is 2.